The average Bonchev–Trinajstić information content (AvgIpc) is 2.76. The number of hydrogen-bond acceptors (Lipinski definition) is 4. The van der Waals surface area contributed by atoms with E-state index in [1.165, 1.54) is 4.31 Å². The molecule has 0 radical (unpaired) electrons. The van der Waals surface area contributed by atoms with Crippen molar-refractivity contribution in [2.75, 3.05) is 26.0 Å². The molecule has 0 unspecified atom stereocenters. The molecule has 108 valence electrons. The molecule has 0 amide bonds. The van der Waals surface area contributed by atoms with Gasteiger partial charge in [0.2, 0.25) is 10.0 Å². The molecule has 1 saturated heterocycles. The van der Waals surface area contributed by atoms with Crippen molar-refractivity contribution < 1.29 is 18.3 Å². The van der Waals surface area contributed by atoms with Crippen LogP contribution in [0.25, 0.3) is 0 Å². The molecule has 1 aliphatic heterocycles. The zero-order valence-corrected chi connectivity index (χ0v) is 12.1. The summed E-state index contributed by atoms with van der Waals surface area (Å²) < 4.78 is 30.4. The predicted molar refractivity (Wildman–Crippen MR) is 75.8 cm³/mol. The molecule has 0 bridgehead atoms. The van der Waals surface area contributed by atoms with Crippen molar-refractivity contribution in [2.45, 2.75) is 13.0 Å². The van der Waals surface area contributed by atoms with Gasteiger partial charge >= 0.3 is 0 Å². The molecule has 0 atom stereocenters. The van der Waals surface area contributed by atoms with Gasteiger partial charge in [-0.05, 0) is 24.6 Å². The fourth-order valence-electron chi connectivity index (χ4n) is 2.18. The SMILES string of the molecule is COc1ccc(C#CCO)cc1CN1CCCS1(=O)=O. The molecule has 0 spiro atoms. The van der Waals surface area contributed by atoms with Crippen LogP contribution in [0.15, 0.2) is 18.2 Å². The summed E-state index contributed by atoms with van der Waals surface area (Å²) >= 11 is 0. The minimum atomic E-state index is -3.14. The number of aliphatic hydroxyl groups excluding tert-OH is 1. The molecular weight excluding hydrogens is 278 g/mol. The fraction of sp³-hybridized carbons (Fsp3) is 0.429. The van der Waals surface area contributed by atoms with E-state index in [1.54, 1.807) is 25.3 Å². The van der Waals surface area contributed by atoms with E-state index in [1.807, 2.05) is 0 Å². The average molecular weight is 295 g/mol. The maximum atomic E-state index is 11.8. The Balaban J connectivity index is 2.29. The zero-order valence-electron chi connectivity index (χ0n) is 11.3. The van der Waals surface area contributed by atoms with Gasteiger partial charge < -0.3 is 9.84 Å². The van der Waals surface area contributed by atoms with E-state index in [9.17, 15) is 8.42 Å². The highest BCUT2D eigenvalue weighted by molar-refractivity contribution is 7.89. The van der Waals surface area contributed by atoms with Crippen LogP contribution in [0.3, 0.4) is 0 Å². The molecule has 2 rings (SSSR count). The maximum Gasteiger partial charge on any atom is 0.214 e. The standard InChI is InChI=1S/C14H17NO4S/c1-19-14-6-5-12(4-2-8-16)10-13(14)11-15-7-3-9-20(15,17)18/h5-6,10,16H,3,7-9,11H2,1H3. The molecule has 1 fully saturated rings. The summed E-state index contributed by atoms with van der Waals surface area (Å²) in [5, 5.41) is 8.71. The molecular formula is C14H17NO4S. The lowest BCUT2D eigenvalue weighted by molar-refractivity contribution is 0.350. The Bertz CT molecular complexity index is 643. The van der Waals surface area contributed by atoms with Crippen molar-refractivity contribution in [1.82, 2.24) is 4.31 Å². The molecule has 5 nitrogen and oxygen atoms in total. The normalized spacial score (nSPS) is 17.5. The summed E-state index contributed by atoms with van der Waals surface area (Å²) in [6, 6.07) is 5.35. The largest absolute Gasteiger partial charge is 0.496 e. The molecule has 1 heterocycles. The number of ether oxygens (including phenoxy) is 1. The second-order valence-electron chi connectivity index (χ2n) is 4.49. The lowest BCUT2D eigenvalue weighted by Crippen LogP contribution is -2.25. The van der Waals surface area contributed by atoms with Gasteiger partial charge in [-0.1, -0.05) is 11.8 Å². The highest BCUT2D eigenvalue weighted by Gasteiger charge is 2.28. The van der Waals surface area contributed by atoms with Crippen LogP contribution in [0.5, 0.6) is 5.75 Å². The third-order valence-electron chi connectivity index (χ3n) is 3.14. The molecule has 20 heavy (non-hydrogen) atoms. The smallest absolute Gasteiger partial charge is 0.214 e. The van der Waals surface area contributed by atoms with Crippen molar-refractivity contribution in [3.05, 3.63) is 29.3 Å². The second-order valence-corrected chi connectivity index (χ2v) is 6.58. The first kappa shape index (κ1) is 14.9. The van der Waals surface area contributed by atoms with Crippen LogP contribution in [0.4, 0.5) is 0 Å². The molecule has 0 aliphatic carbocycles. The van der Waals surface area contributed by atoms with E-state index in [4.69, 9.17) is 9.84 Å². The molecule has 0 aromatic heterocycles. The molecule has 1 aromatic carbocycles. The molecule has 0 saturated carbocycles. The first-order valence-corrected chi connectivity index (χ1v) is 7.92. The minimum Gasteiger partial charge on any atom is -0.496 e. The van der Waals surface area contributed by atoms with E-state index < -0.39 is 10.0 Å². The first-order valence-electron chi connectivity index (χ1n) is 6.31. The van der Waals surface area contributed by atoms with Crippen LogP contribution < -0.4 is 4.74 Å². The van der Waals surface area contributed by atoms with Gasteiger partial charge in [0, 0.05) is 24.2 Å². The van der Waals surface area contributed by atoms with Gasteiger partial charge in [0.25, 0.3) is 0 Å². The predicted octanol–water partition coefficient (Wildman–Crippen LogP) is 0.575. The Kier molecular flexibility index (Phi) is 4.65. The van der Waals surface area contributed by atoms with E-state index >= 15 is 0 Å². The van der Waals surface area contributed by atoms with Crippen LogP contribution in [0, 0.1) is 11.8 Å². The highest BCUT2D eigenvalue weighted by Crippen LogP contribution is 2.24. The Morgan fingerprint density at radius 3 is 2.85 bits per heavy atom. The maximum absolute atomic E-state index is 11.8. The lowest BCUT2D eigenvalue weighted by atomic mass is 10.1. The summed E-state index contributed by atoms with van der Waals surface area (Å²) in [6.45, 7) is 0.625. The second kappa shape index (κ2) is 6.27. The number of methoxy groups -OCH3 is 1. The van der Waals surface area contributed by atoms with Gasteiger partial charge in [-0.2, -0.15) is 4.31 Å². The van der Waals surface area contributed by atoms with Gasteiger partial charge in [-0.25, -0.2) is 8.42 Å². The third kappa shape index (κ3) is 3.31. The number of hydrogen-bond donors (Lipinski definition) is 1. The van der Waals surface area contributed by atoms with Crippen LogP contribution in [0.2, 0.25) is 0 Å². The van der Waals surface area contributed by atoms with E-state index in [0.29, 0.717) is 25.3 Å². The Morgan fingerprint density at radius 1 is 1.45 bits per heavy atom. The van der Waals surface area contributed by atoms with E-state index in [2.05, 4.69) is 11.8 Å². The zero-order chi connectivity index (χ0) is 14.6. The van der Waals surface area contributed by atoms with E-state index in [-0.39, 0.29) is 12.4 Å². The van der Waals surface area contributed by atoms with Gasteiger partial charge in [0.1, 0.15) is 12.4 Å². The first-order chi connectivity index (χ1) is 9.56. The third-order valence-corrected chi connectivity index (χ3v) is 5.05. The summed E-state index contributed by atoms with van der Waals surface area (Å²) in [6.07, 6.45) is 0.661. The summed E-state index contributed by atoms with van der Waals surface area (Å²) in [7, 11) is -1.59. The van der Waals surface area contributed by atoms with Crippen LogP contribution in [0.1, 0.15) is 17.5 Å². The van der Waals surface area contributed by atoms with Gasteiger partial charge in [-0.15, -0.1) is 0 Å². The minimum absolute atomic E-state index is 0.206. The van der Waals surface area contributed by atoms with Gasteiger partial charge in [-0.3, -0.25) is 0 Å². The van der Waals surface area contributed by atoms with Crippen LogP contribution in [-0.4, -0.2) is 43.8 Å². The van der Waals surface area contributed by atoms with Gasteiger partial charge in [0.05, 0.1) is 12.9 Å². The monoisotopic (exact) mass is 295 g/mol. The Morgan fingerprint density at radius 2 is 2.25 bits per heavy atom. The molecule has 1 N–H and O–H groups in total. The van der Waals surface area contributed by atoms with Crippen molar-refractivity contribution in [1.29, 1.82) is 0 Å². The van der Waals surface area contributed by atoms with Crippen molar-refractivity contribution >= 4 is 10.0 Å². The Labute approximate surface area is 119 Å². The summed E-state index contributed by atoms with van der Waals surface area (Å²) in [5.41, 5.74) is 1.51. The topological polar surface area (TPSA) is 66.8 Å². The fourth-order valence-corrected chi connectivity index (χ4v) is 3.68. The lowest BCUT2D eigenvalue weighted by Gasteiger charge is -2.16. The molecule has 1 aliphatic rings. The summed E-state index contributed by atoms with van der Waals surface area (Å²) in [5.74, 6) is 6.23. The molecule has 1 aromatic rings. The summed E-state index contributed by atoms with van der Waals surface area (Å²) in [4.78, 5) is 0. The van der Waals surface area contributed by atoms with Gasteiger partial charge in [0.15, 0.2) is 0 Å². The Hall–Kier alpha value is -1.55. The number of nitrogens with zero attached hydrogens (tertiary/aromatic N) is 1. The quantitative estimate of drug-likeness (QED) is 0.828. The van der Waals surface area contributed by atoms with Crippen molar-refractivity contribution in [3.63, 3.8) is 0 Å². The number of aliphatic hydroxyl groups is 1. The van der Waals surface area contributed by atoms with Crippen molar-refractivity contribution in [2.24, 2.45) is 0 Å². The highest BCUT2D eigenvalue weighted by atomic mass is 32.2. The number of sulfonamides is 1. The van der Waals surface area contributed by atoms with Crippen LogP contribution in [-0.2, 0) is 16.6 Å². The number of benzene rings is 1. The molecule has 6 heteroatoms. The number of rotatable bonds is 3. The van der Waals surface area contributed by atoms with Crippen molar-refractivity contribution in [3.8, 4) is 17.6 Å². The van der Waals surface area contributed by atoms with Crippen LogP contribution >= 0.6 is 0 Å². The van der Waals surface area contributed by atoms with E-state index in [0.717, 1.165) is 11.1 Å².